The van der Waals surface area contributed by atoms with E-state index in [4.69, 9.17) is 4.74 Å². The molecule has 0 fully saturated rings. The van der Waals surface area contributed by atoms with Crippen LogP contribution in [0.15, 0.2) is 36.5 Å². The molecule has 24 heavy (non-hydrogen) atoms. The maximum absolute atomic E-state index is 12.6. The van der Waals surface area contributed by atoms with E-state index in [1.165, 1.54) is 24.5 Å². The fourth-order valence-electron chi connectivity index (χ4n) is 2.81. The third-order valence-electron chi connectivity index (χ3n) is 4.03. The van der Waals surface area contributed by atoms with Crippen molar-refractivity contribution in [1.82, 2.24) is 9.88 Å². The van der Waals surface area contributed by atoms with Crippen molar-refractivity contribution in [3.63, 3.8) is 0 Å². The third-order valence-corrected chi connectivity index (χ3v) is 4.91. The van der Waals surface area contributed by atoms with Crippen LogP contribution in [0.3, 0.4) is 0 Å². The number of carbonyl (C=O) groups is 2. The lowest BCUT2D eigenvalue weighted by Crippen LogP contribution is -2.48. The summed E-state index contributed by atoms with van der Waals surface area (Å²) in [6, 6.07) is 7.26. The van der Waals surface area contributed by atoms with Gasteiger partial charge in [-0.15, -0.1) is 11.3 Å². The number of nitrogens with zero attached hydrogens (tertiary/aromatic N) is 2. The minimum absolute atomic E-state index is 0.203. The van der Waals surface area contributed by atoms with Crippen LogP contribution < -0.4 is 0 Å². The zero-order chi connectivity index (χ0) is 17.1. The number of hydrogen-bond donors (Lipinski definition) is 0. The van der Waals surface area contributed by atoms with Crippen molar-refractivity contribution < 1.29 is 14.3 Å². The SMILES string of the molecule is COC(=O)C1Cc2ccccc2CN1C(=O)C=Cc1cnc(C)s1. The van der Waals surface area contributed by atoms with Crippen LogP contribution >= 0.6 is 11.3 Å². The summed E-state index contributed by atoms with van der Waals surface area (Å²) in [4.78, 5) is 31.4. The molecule has 0 spiro atoms. The van der Waals surface area contributed by atoms with Gasteiger partial charge >= 0.3 is 5.97 Å². The van der Waals surface area contributed by atoms with Gasteiger partial charge < -0.3 is 9.64 Å². The first-order valence-corrected chi connectivity index (χ1v) is 8.46. The van der Waals surface area contributed by atoms with Gasteiger partial charge in [0.25, 0.3) is 0 Å². The molecule has 2 aromatic rings. The second-order valence-electron chi connectivity index (χ2n) is 5.59. The van der Waals surface area contributed by atoms with Crippen LogP contribution in [-0.4, -0.2) is 34.9 Å². The van der Waals surface area contributed by atoms with Gasteiger partial charge in [0.2, 0.25) is 5.91 Å². The summed E-state index contributed by atoms with van der Waals surface area (Å²) in [5, 5.41) is 0.946. The van der Waals surface area contributed by atoms with Crippen LogP contribution in [0.25, 0.3) is 6.08 Å². The van der Waals surface area contributed by atoms with Gasteiger partial charge in [-0.05, 0) is 24.1 Å². The summed E-state index contributed by atoms with van der Waals surface area (Å²) in [6.07, 6.45) is 5.44. The standard InChI is InChI=1S/C18H18N2O3S/c1-12-19-10-15(24-12)7-8-17(21)20-11-14-6-4-3-5-13(14)9-16(20)18(22)23-2/h3-8,10,16H,9,11H2,1-2H3. The van der Waals surface area contributed by atoms with E-state index in [0.29, 0.717) is 13.0 Å². The highest BCUT2D eigenvalue weighted by Crippen LogP contribution is 2.24. The normalized spacial score (nSPS) is 16.9. The van der Waals surface area contributed by atoms with E-state index in [2.05, 4.69) is 4.98 Å². The molecular formula is C18H18N2O3S. The van der Waals surface area contributed by atoms with Crippen LogP contribution in [0.5, 0.6) is 0 Å². The van der Waals surface area contributed by atoms with Gasteiger partial charge in [0.1, 0.15) is 6.04 Å². The van der Waals surface area contributed by atoms with E-state index in [0.717, 1.165) is 21.0 Å². The second kappa shape index (κ2) is 6.97. The number of thiazole rings is 1. The quantitative estimate of drug-likeness (QED) is 0.635. The zero-order valence-electron chi connectivity index (χ0n) is 13.6. The van der Waals surface area contributed by atoms with E-state index in [9.17, 15) is 9.59 Å². The molecule has 0 N–H and O–H groups in total. The molecular weight excluding hydrogens is 324 g/mol. The Morgan fingerprint density at radius 1 is 1.33 bits per heavy atom. The van der Waals surface area contributed by atoms with Crippen LogP contribution in [0.1, 0.15) is 21.0 Å². The highest BCUT2D eigenvalue weighted by Gasteiger charge is 2.34. The molecule has 3 rings (SSSR count). The lowest BCUT2D eigenvalue weighted by atomic mass is 9.94. The molecule has 0 radical (unpaired) electrons. The van der Waals surface area contributed by atoms with Gasteiger partial charge in [0.15, 0.2) is 0 Å². The van der Waals surface area contributed by atoms with Crippen molar-refractivity contribution in [3.8, 4) is 0 Å². The van der Waals surface area contributed by atoms with Crippen molar-refractivity contribution in [3.05, 3.63) is 57.6 Å². The predicted molar refractivity (Wildman–Crippen MR) is 92.4 cm³/mol. The van der Waals surface area contributed by atoms with E-state index < -0.39 is 6.04 Å². The number of methoxy groups -OCH3 is 1. The molecule has 5 nitrogen and oxygen atoms in total. The largest absolute Gasteiger partial charge is 0.467 e. The summed E-state index contributed by atoms with van der Waals surface area (Å²) >= 11 is 1.52. The molecule has 0 saturated heterocycles. The van der Waals surface area contributed by atoms with Crippen molar-refractivity contribution in [2.24, 2.45) is 0 Å². The van der Waals surface area contributed by atoms with Gasteiger partial charge in [0.05, 0.1) is 12.1 Å². The number of hydrogen-bond acceptors (Lipinski definition) is 5. The molecule has 0 aliphatic carbocycles. The number of amides is 1. The molecule has 1 unspecified atom stereocenters. The molecule has 0 bridgehead atoms. The Morgan fingerprint density at radius 3 is 2.75 bits per heavy atom. The molecule has 1 amide bonds. The molecule has 124 valence electrons. The first kappa shape index (κ1) is 16.4. The number of fused-ring (bicyclic) bond motifs is 1. The topological polar surface area (TPSA) is 59.5 Å². The van der Waals surface area contributed by atoms with Crippen molar-refractivity contribution in [2.75, 3.05) is 7.11 Å². The van der Waals surface area contributed by atoms with Gasteiger partial charge in [-0.2, -0.15) is 0 Å². The smallest absolute Gasteiger partial charge is 0.328 e. The van der Waals surface area contributed by atoms with Crippen LogP contribution in [-0.2, 0) is 27.3 Å². The van der Waals surface area contributed by atoms with Gasteiger partial charge in [-0.25, -0.2) is 9.78 Å². The Hall–Kier alpha value is -2.47. The number of rotatable bonds is 3. The van der Waals surface area contributed by atoms with Crippen molar-refractivity contribution in [2.45, 2.75) is 25.9 Å². The Kier molecular flexibility index (Phi) is 4.76. The van der Waals surface area contributed by atoms with E-state index in [1.54, 1.807) is 17.2 Å². The molecule has 1 aromatic carbocycles. The summed E-state index contributed by atoms with van der Waals surface area (Å²) < 4.78 is 4.89. The van der Waals surface area contributed by atoms with Crippen LogP contribution in [0.4, 0.5) is 0 Å². The van der Waals surface area contributed by atoms with E-state index >= 15 is 0 Å². The van der Waals surface area contributed by atoms with E-state index in [1.807, 2.05) is 31.2 Å². The Labute approximate surface area is 144 Å². The Morgan fingerprint density at radius 2 is 2.08 bits per heavy atom. The molecule has 6 heteroatoms. The second-order valence-corrected chi connectivity index (χ2v) is 6.86. The number of esters is 1. The monoisotopic (exact) mass is 342 g/mol. The summed E-state index contributed by atoms with van der Waals surface area (Å²) in [5.74, 6) is -0.592. The Bertz CT molecular complexity index is 797. The number of ether oxygens (including phenoxy) is 1. The number of carbonyl (C=O) groups excluding carboxylic acids is 2. The lowest BCUT2D eigenvalue weighted by molar-refractivity contribution is -0.152. The fraction of sp³-hybridized carbons (Fsp3) is 0.278. The Balaban J connectivity index is 1.84. The molecule has 1 aromatic heterocycles. The van der Waals surface area contributed by atoms with Gasteiger partial charge in [-0.3, -0.25) is 4.79 Å². The summed E-state index contributed by atoms with van der Waals surface area (Å²) in [5.41, 5.74) is 2.15. The highest BCUT2D eigenvalue weighted by molar-refractivity contribution is 7.12. The minimum atomic E-state index is -0.592. The van der Waals surface area contributed by atoms with Gasteiger partial charge in [-0.1, -0.05) is 24.3 Å². The molecule has 1 atom stereocenters. The molecule has 1 aliphatic heterocycles. The summed E-state index contributed by atoms with van der Waals surface area (Å²) in [6.45, 7) is 2.32. The first-order valence-electron chi connectivity index (χ1n) is 7.64. The van der Waals surface area contributed by atoms with Gasteiger partial charge in [0, 0.05) is 30.1 Å². The number of benzene rings is 1. The molecule has 0 saturated carbocycles. The predicted octanol–water partition coefficient (Wildman–Crippen LogP) is 2.59. The first-order chi connectivity index (χ1) is 11.6. The molecule has 2 heterocycles. The van der Waals surface area contributed by atoms with Crippen molar-refractivity contribution >= 4 is 29.3 Å². The van der Waals surface area contributed by atoms with Crippen LogP contribution in [0, 0.1) is 6.92 Å². The van der Waals surface area contributed by atoms with Crippen molar-refractivity contribution in [1.29, 1.82) is 0 Å². The van der Waals surface area contributed by atoms with E-state index in [-0.39, 0.29) is 11.9 Å². The third kappa shape index (κ3) is 3.38. The maximum Gasteiger partial charge on any atom is 0.328 e. The van der Waals surface area contributed by atoms with Crippen LogP contribution in [0.2, 0.25) is 0 Å². The average molecular weight is 342 g/mol. The average Bonchev–Trinajstić information content (AvgIpc) is 3.03. The summed E-state index contributed by atoms with van der Waals surface area (Å²) in [7, 11) is 1.35. The minimum Gasteiger partial charge on any atom is -0.467 e. The molecule has 1 aliphatic rings. The fourth-order valence-corrected chi connectivity index (χ4v) is 3.49. The zero-order valence-corrected chi connectivity index (χ0v) is 14.4. The maximum atomic E-state index is 12.6. The highest BCUT2D eigenvalue weighted by atomic mass is 32.1. The lowest BCUT2D eigenvalue weighted by Gasteiger charge is -2.34. The number of aromatic nitrogens is 1. The number of aryl methyl sites for hydroxylation is 1.